The van der Waals surface area contributed by atoms with Crippen molar-refractivity contribution in [2.45, 2.75) is 32.1 Å². The first-order valence-electron chi connectivity index (χ1n) is 7.84. The van der Waals surface area contributed by atoms with Gasteiger partial charge in [-0.25, -0.2) is 0 Å². The third-order valence-corrected chi connectivity index (χ3v) is 3.95. The molecule has 0 atom stereocenters. The number of hydrazine groups is 1. The molecule has 0 bridgehead atoms. The van der Waals surface area contributed by atoms with E-state index in [1.165, 1.54) is 6.42 Å². The maximum atomic E-state index is 11.9. The average Bonchev–Trinajstić information content (AvgIpc) is 2.59. The van der Waals surface area contributed by atoms with Crippen molar-refractivity contribution < 1.29 is 9.59 Å². The zero-order valence-corrected chi connectivity index (χ0v) is 13.7. The normalized spacial score (nSPS) is 14.6. The highest BCUT2D eigenvalue weighted by atomic mass is 32.1. The van der Waals surface area contributed by atoms with E-state index in [1.54, 1.807) is 0 Å². The largest absolute Gasteiger partial charge is 0.347 e. The van der Waals surface area contributed by atoms with Gasteiger partial charge >= 0.3 is 0 Å². The molecule has 1 saturated carbocycles. The molecular formula is C16H22N4O2S. The Labute approximate surface area is 141 Å². The molecule has 0 aliphatic heterocycles. The lowest BCUT2D eigenvalue weighted by atomic mass is 9.89. The van der Waals surface area contributed by atoms with Crippen LogP contribution in [0.25, 0.3) is 0 Å². The summed E-state index contributed by atoms with van der Waals surface area (Å²) >= 11 is 5.07. The van der Waals surface area contributed by atoms with Crippen LogP contribution in [0.2, 0.25) is 0 Å². The quantitative estimate of drug-likeness (QED) is 0.498. The summed E-state index contributed by atoms with van der Waals surface area (Å²) in [6, 6.07) is 9.38. The fraction of sp³-hybridized carbons (Fsp3) is 0.438. The number of para-hydroxylation sites is 1. The number of anilines is 1. The van der Waals surface area contributed by atoms with Crippen LogP contribution in [0.3, 0.4) is 0 Å². The first-order chi connectivity index (χ1) is 11.1. The number of thiocarbonyl (C=S) groups is 1. The Kier molecular flexibility index (Phi) is 6.80. The van der Waals surface area contributed by atoms with Gasteiger partial charge in [0, 0.05) is 11.6 Å². The molecule has 7 heteroatoms. The van der Waals surface area contributed by atoms with Crippen molar-refractivity contribution in [3.8, 4) is 0 Å². The summed E-state index contributed by atoms with van der Waals surface area (Å²) in [5.74, 6) is -0.332. The number of hydrogen-bond donors (Lipinski definition) is 4. The smallest absolute Gasteiger partial charge is 0.257 e. The highest BCUT2D eigenvalue weighted by Crippen LogP contribution is 2.23. The molecule has 124 valence electrons. The molecule has 1 fully saturated rings. The van der Waals surface area contributed by atoms with E-state index in [4.69, 9.17) is 12.2 Å². The average molecular weight is 334 g/mol. The zero-order valence-electron chi connectivity index (χ0n) is 12.9. The molecule has 23 heavy (non-hydrogen) atoms. The lowest BCUT2D eigenvalue weighted by Crippen LogP contribution is -2.48. The first kappa shape index (κ1) is 17.2. The van der Waals surface area contributed by atoms with Crippen molar-refractivity contribution in [1.82, 2.24) is 16.2 Å². The van der Waals surface area contributed by atoms with Crippen LogP contribution in [-0.4, -0.2) is 23.5 Å². The van der Waals surface area contributed by atoms with Crippen molar-refractivity contribution in [3.05, 3.63) is 30.3 Å². The SMILES string of the molecule is O=C(CNC(=O)C1CCCCC1)NNC(=S)Nc1ccccc1. The van der Waals surface area contributed by atoms with Crippen molar-refractivity contribution >= 4 is 34.8 Å². The van der Waals surface area contributed by atoms with Crippen molar-refractivity contribution in [3.63, 3.8) is 0 Å². The van der Waals surface area contributed by atoms with Crippen molar-refractivity contribution in [2.24, 2.45) is 5.92 Å². The fourth-order valence-corrected chi connectivity index (χ4v) is 2.70. The van der Waals surface area contributed by atoms with Crippen LogP contribution in [0.4, 0.5) is 5.69 Å². The Balaban J connectivity index is 1.62. The molecule has 0 spiro atoms. The monoisotopic (exact) mass is 334 g/mol. The lowest BCUT2D eigenvalue weighted by Gasteiger charge is -2.20. The Bertz CT molecular complexity index is 544. The maximum absolute atomic E-state index is 11.9. The summed E-state index contributed by atoms with van der Waals surface area (Å²) in [6.45, 7) is -0.0592. The third kappa shape index (κ3) is 6.23. The summed E-state index contributed by atoms with van der Waals surface area (Å²) in [6.07, 6.45) is 5.20. The third-order valence-electron chi connectivity index (χ3n) is 3.75. The molecule has 0 unspecified atom stereocenters. The van der Waals surface area contributed by atoms with Gasteiger partial charge in [-0.15, -0.1) is 0 Å². The van der Waals surface area contributed by atoms with Gasteiger partial charge in [-0.3, -0.25) is 20.4 Å². The van der Waals surface area contributed by atoms with Gasteiger partial charge in [0.1, 0.15) is 0 Å². The van der Waals surface area contributed by atoms with Gasteiger partial charge < -0.3 is 10.6 Å². The summed E-state index contributed by atoms with van der Waals surface area (Å²) < 4.78 is 0. The number of amides is 2. The Morgan fingerprint density at radius 1 is 1.04 bits per heavy atom. The van der Waals surface area contributed by atoms with Gasteiger partial charge in [0.25, 0.3) is 5.91 Å². The minimum absolute atomic E-state index is 0.0372. The predicted octanol–water partition coefficient (Wildman–Crippen LogP) is 1.70. The van der Waals surface area contributed by atoms with Crippen LogP contribution >= 0.6 is 12.2 Å². The summed E-state index contributed by atoms with van der Waals surface area (Å²) in [5, 5.41) is 5.88. The van der Waals surface area contributed by atoms with E-state index in [0.717, 1.165) is 31.4 Å². The number of carbonyl (C=O) groups excluding carboxylic acids is 2. The highest BCUT2D eigenvalue weighted by molar-refractivity contribution is 7.80. The Morgan fingerprint density at radius 2 is 1.74 bits per heavy atom. The lowest BCUT2D eigenvalue weighted by molar-refractivity contribution is -0.129. The number of hydrogen-bond acceptors (Lipinski definition) is 3. The van der Waals surface area contributed by atoms with Gasteiger partial charge in [0.15, 0.2) is 5.11 Å². The minimum Gasteiger partial charge on any atom is -0.347 e. The van der Waals surface area contributed by atoms with E-state index in [-0.39, 0.29) is 29.4 Å². The van der Waals surface area contributed by atoms with Gasteiger partial charge in [-0.1, -0.05) is 37.5 Å². The molecule has 0 radical (unpaired) electrons. The summed E-state index contributed by atoms with van der Waals surface area (Å²) in [7, 11) is 0. The van der Waals surface area contributed by atoms with Crippen molar-refractivity contribution in [1.29, 1.82) is 0 Å². The van der Waals surface area contributed by atoms with Crippen LogP contribution in [0.5, 0.6) is 0 Å². The van der Waals surface area contributed by atoms with Gasteiger partial charge in [0.05, 0.1) is 6.54 Å². The highest BCUT2D eigenvalue weighted by Gasteiger charge is 2.21. The molecule has 1 aromatic carbocycles. The second-order valence-electron chi connectivity index (χ2n) is 5.55. The second-order valence-corrected chi connectivity index (χ2v) is 5.95. The van der Waals surface area contributed by atoms with E-state index in [2.05, 4.69) is 21.5 Å². The number of nitrogens with one attached hydrogen (secondary N) is 4. The fourth-order valence-electron chi connectivity index (χ4n) is 2.53. The predicted molar refractivity (Wildman–Crippen MR) is 93.5 cm³/mol. The van der Waals surface area contributed by atoms with E-state index < -0.39 is 0 Å². The molecule has 0 heterocycles. The van der Waals surface area contributed by atoms with Crippen molar-refractivity contribution in [2.75, 3.05) is 11.9 Å². The molecule has 2 amide bonds. The zero-order chi connectivity index (χ0) is 16.5. The Morgan fingerprint density at radius 3 is 2.43 bits per heavy atom. The molecular weight excluding hydrogens is 312 g/mol. The van der Waals surface area contributed by atoms with Crippen LogP contribution in [0.15, 0.2) is 30.3 Å². The van der Waals surface area contributed by atoms with E-state index in [9.17, 15) is 9.59 Å². The standard InChI is InChI=1S/C16H22N4O2S/c21-14(11-17-15(22)12-7-3-1-4-8-12)19-20-16(23)18-13-9-5-2-6-10-13/h2,5-6,9-10,12H,1,3-4,7-8,11H2,(H,17,22)(H,19,21)(H2,18,20,23). The molecule has 6 nitrogen and oxygen atoms in total. The summed E-state index contributed by atoms with van der Waals surface area (Å²) in [4.78, 5) is 23.6. The Hall–Kier alpha value is -2.15. The van der Waals surface area contributed by atoms with Crippen LogP contribution in [0.1, 0.15) is 32.1 Å². The molecule has 2 rings (SSSR count). The molecule has 0 saturated heterocycles. The number of benzene rings is 1. The topological polar surface area (TPSA) is 82.3 Å². The van der Waals surface area contributed by atoms with Gasteiger partial charge in [-0.2, -0.15) is 0 Å². The number of carbonyl (C=O) groups is 2. The van der Waals surface area contributed by atoms with Crippen LogP contribution in [-0.2, 0) is 9.59 Å². The number of rotatable bonds is 4. The van der Waals surface area contributed by atoms with E-state index in [0.29, 0.717) is 0 Å². The van der Waals surface area contributed by atoms with Crippen LogP contribution < -0.4 is 21.5 Å². The first-order valence-corrected chi connectivity index (χ1v) is 8.24. The molecule has 0 aromatic heterocycles. The molecule has 1 aliphatic carbocycles. The van der Waals surface area contributed by atoms with Gasteiger partial charge in [0.2, 0.25) is 5.91 Å². The minimum atomic E-state index is -0.341. The molecule has 1 aliphatic rings. The molecule has 1 aromatic rings. The summed E-state index contributed by atoms with van der Waals surface area (Å²) in [5.41, 5.74) is 5.88. The van der Waals surface area contributed by atoms with Gasteiger partial charge in [-0.05, 0) is 37.2 Å². The van der Waals surface area contributed by atoms with E-state index >= 15 is 0 Å². The second kappa shape index (κ2) is 9.09. The molecule has 4 N–H and O–H groups in total. The van der Waals surface area contributed by atoms with E-state index in [1.807, 2.05) is 30.3 Å². The maximum Gasteiger partial charge on any atom is 0.257 e. The van der Waals surface area contributed by atoms with Crippen LogP contribution in [0, 0.1) is 5.92 Å².